The third-order valence-electron chi connectivity index (χ3n) is 5.06. The maximum Gasteiger partial charge on any atom is 0.217 e. The first-order valence-corrected chi connectivity index (χ1v) is 9.65. The van der Waals surface area contributed by atoms with Gasteiger partial charge in [0.2, 0.25) is 6.23 Å². The van der Waals surface area contributed by atoms with Crippen molar-refractivity contribution in [1.29, 1.82) is 0 Å². The summed E-state index contributed by atoms with van der Waals surface area (Å²) in [6.45, 7) is 0. The molecule has 0 fully saturated rings. The molecule has 5 heteroatoms. The quantitative estimate of drug-likeness (QED) is 0.603. The van der Waals surface area contributed by atoms with Gasteiger partial charge < -0.3 is 9.84 Å². The molecule has 3 aromatic carbocycles. The SMILES string of the molecule is Oc1ccccc1C1Oc2ccc(Br)cc2C2CC(c3ccccc3)=NN21. The zero-order chi connectivity index (χ0) is 18.4. The highest BCUT2D eigenvalue weighted by atomic mass is 79.9. The molecule has 134 valence electrons. The second kappa shape index (κ2) is 6.43. The number of aromatic hydroxyl groups is 1. The molecule has 2 atom stereocenters. The van der Waals surface area contributed by atoms with E-state index >= 15 is 0 Å². The van der Waals surface area contributed by atoms with Crippen LogP contribution in [0.3, 0.4) is 0 Å². The molecular weight excluding hydrogens is 404 g/mol. The fourth-order valence-electron chi connectivity index (χ4n) is 3.76. The zero-order valence-electron chi connectivity index (χ0n) is 14.4. The van der Waals surface area contributed by atoms with Crippen molar-refractivity contribution in [1.82, 2.24) is 5.01 Å². The summed E-state index contributed by atoms with van der Waals surface area (Å²) in [7, 11) is 0. The van der Waals surface area contributed by atoms with Crippen molar-refractivity contribution in [3.05, 3.63) is 94.0 Å². The number of hydrogen-bond donors (Lipinski definition) is 1. The summed E-state index contributed by atoms with van der Waals surface area (Å²) in [5, 5.41) is 17.3. The monoisotopic (exact) mass is 420 g/mol. The zero-order valence-corrected chi connectivity index (χ0v) is 16.0. The van der Waals surface area contributed by atoms with E-state index in [0.717, 1.165) is 33.5 Å². The van der Waals surface area contributed by atoms with E-state index in [0.29, 0.717) is 5.56 Å². The van der Waals surface area contributed by atoms with Crippen LogP contribution in [0.4, 0.5) is 0 Å². The Kier molecular flexibility index (Phi) is 3.90. The number of benzene rings is 3. The summed E-state index contributed by atoms with van der Waals surface area (Å²) in [4.78, 5) is 0. The number of halogens is 1. The van der Waals surface area contributed by atoms with Gasteiger partial charge in [-0.05, 0) is 35.9 Å². The van der Waals surface area contributed by atoms with Crippen molar-refractivity contribution in [2.45, 2.75) is 18.7 Å². The van der Waals surface area contributed by atoms with Crippen LogP contribution in [0.25, 0.3) is 0 Å². The van der Waals surface area contributed by atoms with Crippen LogP contribution in [0, 0.1) is 0 Å². The molecular formula is C22H17BrN2O2. The predicted octanol–water partition coefficient (Wildman–Crippen LogP) is 5.40. The molecule has 2 aliphatic heterocycles. The summed E-state index contributed by atoms with van der Waals surface area (Å²) in [5.74, 6) is 1.04. The lowest BCUT2D eigenvalue weighted by atomic mass is 9.96. The molecule has 0 saturated carbocycles. The van der Waals surface area contributed by atoms with Gasteiger partial charge in [0, 0.05) is 16.5 Å². The molecule has 0 radical (unpaired) electrons. The molecule has 2 heterocycles. The normalized spacial score (nSPS) is 20.5. The molecule has 2 unspecified atom stereocenters. The predicted molar refractivity (Wildman–Crippen MR) is 108 cm³/mol. The molecule has 0 saturated heterocycles. The van der Waals surface area contributed by atoms with E-state index in [1.165, 1.54) is 0 Å². The van der Waals surface area contributed by atoms with Crippen LogP contribution < -0.4 is 4.74 Å². The Morgan fingerprint density at radius 3 is 2.56 bits per heavy atom. The molecule has 0 aromatic heterocycles. The molecule has 1 N–H and O–H groups in total. The van der Waals surface area contributed by atoms with Crippen molar-refractivity contribution >= 4 is 21.6 Å². The van der Waals surface area contributed by atoms with Crippen molar-refractivity contribution in [3.63, 3.8) is 0 Å². The van der Waals surface area contributed by atoms with E-state index in [2.05, 4.69) is 34.1 Å². The Hall–Kier alpha value is -2.79. The van der Waals surface area contributed by atoms with E-state index in [-0.39, 0.29) is 11.8 Å². The third kappa shape index (κ3) is 2.79. The van der Waals surface area contributed by atoms with Crippen molar-refractivity contribution in [2.24, 2.45) is 5.10 Å². The average molecular weight is 421 g/mol. The van der Waals surface area contributed by atoms with Gasteiger partial charge in [-0.3, -0.25) is 0 Å². The van der Waals surface area contributed by atoms with Gasteiger partial charge in [-0.2, -0.15) is 5.10 Å². The van der Waals surface area contributed by atoms with Crippen molar-refractivity contribution < 1.29 is 9.84 Å². The molecule has 0 amide bonds. The number of fused-ring (bicyclic) bond motifs is 3. The number of para-hydroxylation sites is 1. The summed E-state index contributed by atoms with van der Waals surface area (Å²) in [5.41, 5.74) is 3.96. The maximum atomic E-state index is 10.4. The van der Waals surface area contributed by atoms with E-state index < -0.39 is 6.23 Å². The smallest absolute Gasteiger partial charge is 0.217 e. The van der Waals surface area contributed by atoms with E-state index in [4.69, 9.17) is 9.84 Å². The Morgan fingerprint density at radius 2 is 1.74 bits per heavy atom. The number of hydrogen-bond acceptors (Lipinski definition) is 4. The highest BCUT2D eigenvalue weighted by Crippen LogP contribution is 2.49. The minimum Gasteiger partial charge on any atom is -0.507 e. The lowest BCUT2D eigenvalue weighted by Gasteiger charge is -2.38. The first-order valence-electron chi connectivity index (χ1n) is 8.86. The molecule has 4 nitrogen and oxygen atoms in total. The van der Waals surface area contributed by atoms with Crippen LogP contribution in [-0.2, 0) is 0 Å². The standard InChI is InChI=1S/C22H17BrN2O2/c23-15-10-11-21-17(12-15)19-13-18(14-6-2-1-3-7-14)24-25(19)22(27-21)16-8-4-5-9-20(16)26/h1-12,19,22,26H,13H2. The van der Waals surface area contributed by atoms with E-state index in [1.807, 2.05) is 53.5 Å². The van der Waals surface area contributed by atoms with E-state index in [1.54, 1.807) is 6.07 Å². The molecule has 5 rings (SSSR count). The fourth-order valence-corrected chi connectivity index (χ4v) is 4.14. The summed E-state index contributed by atoms with van der Waals surface area (Å²) >= 11 is 3.57. The van der Waals surface area contributed by atoms with Gasteiger partial charge >= 0.3 is 0 Å². The van der Waals surface area contributed by atoms with E-state index in [9.17, 15) is 5.11 Å². The minimum atomic E-state index is -0.467. The van der Waals surface area contributed by atoms with Gasteiger partial charge in [0.15, 0.2) is 0 Å². The summed E-state index contributed by atoms with van der Waals surface area (Å²) < 4.78 is 7.30. The third-order valence-corrected chi connectivity index (χ3v) is 5.55. The first kappa shape index (κ1) is 16.4. The number of phenols is 1. The highest BCUT2D eigenvalue weighted by Gasteiger charge is 2.41. The minimum absolute atomic E-state index is 0.0612. The lowest BCUT2D eigenvalue weighted by Crippen LogP contribution is -2.33. The molecule has 2 aliphatic rings. The molecule has 27 heavy (non-hydrogen) atoms. The van der Waals surface area contributed by atoms with Gasteiger partial charge in [0.05, 0.1) is 17.3 Å². The molecule has 0 aliphatic carbocycles. The first-order chi connectivity index (χ1) is 13.2. The van der Waals surface area contributed by atoms with Gasteiger partial charge in [-0.25, -0.2) is 5.01 Å². The second-order valence-electron chi connectivity index (χ2n) is 6.72. The number of rotatable bonds is 2. The van der Waals surface area contributed by atoms with Crippen LogP contribution >= 0.6 is 15.9 Å². The van der Waals surface area contributed by atoms with Crippen LogP contribution in [0.2, 0.25) is 0 Å². The summed E-state index contributed by atoms with van der Waals surface area (Å²) in [6, 6.07) is 23.6. The average Bonchev–Trinajstić information content (AvgIpc) is 3.15. The maximum absolute atomic E-state index is 10.4. The lowest BCUT2D eigenvalue weighted by molar-refractivity contribution is -0.0203. The fraction of sp³-hybridized carbons (Fsp3) is 0.136. The van der Waals surface area contributed by atoms with Crippen molar-refractivity contribution in [2.75, 3.05) is 0 Å². The van der Waals surface area contributed by atoms with Crippen LogP contribution in [0.5, 0.6) is 11.5 Å². The number of nitrogens with zero attached hydrogens (tertiary/aromatic N) is 2. The van der Waals surface area contributed by atoms with Crippen molar-refractivity contribution in [3.8, 4) is 11.5 Å². The Morgan fingerprint density at radius 1 is 0.963 bits per heavy atom. The van der Waals surface area contributed by atoms with Crippen LogP contribution in [0.15, 0.2) is 82.4 Å². The Labute approximate surface area is 165 Å². The Bertz CT molecular complexity index is 1040. The largest absolute Gasteiger partial charge is 0.507 e. The van der Waals surface area contributed by atoms with Crippen LogP contribution in [0.1, 0.15) is 35.4 Å². The van der Waals surface area contributed by atoms with Crippen LogP contribution in [-0.4, -0.2) is 15.8 Å². The van der Waals surface area contributed by atoms with Gasteiger partial charge in [-0.15, -0.1) is 0 Å². The highest BCUT2D eigenvalue weighted by molar-refractivity contribution is 9.10. The molecule has 0 spiro atoms. The molecule has 3 aromatic rings. The Balaban J connectivity index is 1.64. The summed E-state index contributed by atoms with van der Waals surface area (Å²) in [6.07, 6.45) is 0.326. The number of hydrazone groups is 1. The van der Waals surface area contributed by atoms with Gasteiger partial charge in [0.1, 0.15) is 11.5 Å². The topological polar surface area (TPSA) is 45.1 Å². The number of ether oxygens (including phenoxy) is 1. The second-order valence-corrected chi connectivity index (χ2v) is 7.64. The van der Waals surface area contributed by atoms with Gasteiger partial charge in [0.25, 0.3) is 0 Å². The molecule has 0 bridgehead atoms. The van der Waals surface area contributed by atoms with Gasteiger partial charge in [-0.1, -0.05) is 58.4 Å². The number of phenolic OH excluding ortho intramolecular Hbond substituents is 1.